The molecule has 1 aromatic heterocycles. The first-order valence-electron chi connectivity index (χ1n) is 6.93. The van der Waals surface area contributed by atoms with Crippen LogP contribution in [0.1, 0.15) is 30.2 Å². The van der Waals surface area contributed by atoms with E-state index in [1.165, 1.54) is 29.1 Å². The van der Waals surface area contributed by atoms with Gasteiger partial charge < -0.3 is 5.32 Å². The lowest BCUT2D eigenvalue weighted by Crippen LogP contribution is -2.45. The van der Waals surface area contributed by atoms with Gasteiger partial charge in [-0.15, -0.1) is 24.8 Å². The predicted octanol–water partition coefficient (Wildman–Crippen LogP) is 3.25. The van der Waals surface area contributed by atoms with Gasteiger partial charge in [0.2, 0.25) is 0 Å². The third kappa shape index (κ3) is 4.79. The lowest BCUT2D eigenvalue weighted by molar-refractivity contribution is -0.380. The summed E-state index contributed by atoms with van der Waals surface area (Å²) in [6.07, 6.45) is 3.82. The Labute approximate surface area is 141 Å². The second kappa shape index (κ2) is 8.29. The van der Waals surface area contributed by atoms with E-state index in [4.69, 9.17) is 0 Å². The maximum Gasteiger partial charge on any atom is 0.324 e. The van der Waals surface area contributed by atoms with Crippen molar-refractivity contribution in [3.05, 3.63) is 27.1 Å². The molecule has 1 N–H and O–H groups in total. The SMILES string of the molecule is Cl.Cl.O=[N+]([O-])c1ccc([C@@H](CC2CC2)N2CCNCC2)s1. The molecule has 1 atom stereocenters. The highest BCUT2D eigenvalue weighted by Crippen LogP contribution is 2.42. The van der Waals surface area contributed by atoms with Crippen molar-refractivity contribution in [2.24, 2.45) is 5.92 Å². The molecule has 0 radical (unpaired) electrons. The van der Waals surface area contributed by atoms with Crippen molar-refractivity contribution in [2.45, 2.75) is 25.3 Å². The van der Waals surface area contributed by atoms with Crippen molar-refractivity contribution in [3.63, 3.8) is 0 Å². The van der Waals surface area contributed by atoms with Gasteiger partial charge in [-0.1, -0.05) is 24.2 Å². The maximum absolute atomic E-state index is 10.8. The van der Waals surface area contributed by atoms with Crippen LogP contribution in [0.2, 0.25) is 0 Å². The van der Waals surface area contributed by atoms with Crippen LogP contribution < -0.4 is 5.32 Å². The molecular formula is C13H21Cl2N3O2S. The Kier molecular flexibility index (Phi) is 7.36. The van der Waals surface area contributed by atoms with Gasteiger partial charge in [-0.3, -0.25) is 15.0 Å². The lowest BCUT2D eigenvalue weighted by atomic mass is 10.1. The number of hydrogen-bond acceptors (Lipinski definition) is 5. The molecule has 21 heavy (non-hydrogen) atoms. The molecule has 2 heterocycles. The number of thiophene rings is 1. The molecule has 0 amide bonds. The predicted molar refractivity (Wildman–Crippen MR) is 90.0 cm³/mol. The van der Waals surface area contributed by atoms with Gasteiger partial charge in [0.25, 0.3) is 0 Å². The van der Waals surface area contributed by atoms with Gasteiger partial charge in [0.15, 0.2) is 0 Å². The quantitative estimate of drug-likeness (QED) is 0.651. The molecule has 1 aliphatic heterocycles. The average Bonchev–Trinajstić information content (AvgIpc) is 3.11. The van der Waals surface area contributed by atoms with Crippen LogP contribution in [-0.4, -0.2) is 36.0 Å². The van der Waals surface area contributed by atoms with E-state index in [0.717, 1.165) is 38.5 Å². The summed E-state index contributed by atoms with van der Waals surface area (Å²) in [7, 11) is 0. The molecule has 0 unspecified atom stereocenters. The smallest absolute Gasteiger partial charge is 0.314 e. The summed E-state index contributed by atoms with van der Waals surface area (Å²) in [5, 5.41) is 14.5. The minimum atomic E-state index is -0.278. The van der Waals surface area contributed by atoms with Gasteiger partial charge in [-0.2, -0.15) is 0 Å². The van der Waals surface area contributed by atoms with Crippen LogP contribution in [0.5, 0.6) is 0 Å². The fraction of sp³-hybridized carbons (Fsp3) is 0.692. The van der Waals surface area contributed by atoms with Crippen LogP contribution in [0.25, 0.3) is 0 Å². The van der Waals surface area contributed by atoms with Crippen LogP contribution in [0.3, 0.4) is 0 Å². The van der Waals surface area contributed by atoms with E-state index in [-0.39, 0.29) is 34.7 Å². The minimum Gasteiger partial charge on any atom is -0.314 e. The number of nitrogens with one attached hydrogen (secondary N) is 1. The zero-order valence-corrected chi connectivity index (χ0v) is 14.1. The first-order chi connectivity index (χ1) is 9.24. The van der Waals surface area contributed by atoms with E-state index in [0.29, 0.717) is 6.04 Å². The van der Waals surface area contributed by atoms with Crippen molar-refractivity contribution >= 4 is 41.2 Å². The van der Waals surface area contributed by atoms with Crippen molar-refractivity contribution in [1.82, 2.24) is 10.2 Å². The van der Waals surface area contributed by atoms with Gasteiger partial charge in [0.05, 0.1) is 4.92 Å². The molecule has 120 valence electrons. The number of halogens is 2. The van der Waals surface area contributed by atoms with E-state index in [2.05, 4.69) is 10.2 Å². The standard InChI is InChI=1S/C13H19N3O2S.2ClH/c17-16(18)13-4-3-12(19-13)11(9-10-1-2-10)15-7-5-14-6-8-15;;/h3-4,10-11,14H,1-2,5-9H2;2*1H/t11-;;/m1../s1. The Bertz CT molecular complexity index is 462. The highest BCUT2D eigenvalue weighted by molar-refractivity contribution is 7.15. The molecule has 1 saturated carbocycles. The largest absolute Gasteiger partial charge is 0.324 e. The van der Waals surface area contributed by atoms with Gasteiger partial charge in [0.1, 0.15) is 0 Å². The Morgan fingerprint density at radius 3 is 2.52 bits per heavy atom. The molecule has 0 spiro atoms. The molecule has 2 aliphatic rings. The Hall–Kier alpha value is -0.400. The summed E-state index contributed by atoms with van der Waals surface area (Å²) in [5.41, 5.74) is 0. The number of piperazine rings is 1. The van der Waals surface area contributed by atoms with Gasteiger partial charge in [0, 0.05) is 43.2 Å². The molecule has 1 aliphatic carbocycles. The normalized spacial score (nSPS) is 20.2. The minimum absolute atomic E-state index is 0. The second-order valence-electron chi connectivity index (χ2n) is 5.41. The van der Waals surface area contributed by atoms with E-state index in [9.17, 15) is 10.1 Å². The molecule has 1 saturated heterocycles. The van der Waals surface area contributed by atoms with Crippen LogP contribution in [-0.2, 0) is 0 Å². The molecule has 2 fully saturated rings. The van der Waals surface area contributed by atoms with E-state index >= 15 is 0 Å². The van der Waals surface area contributed by atoms with Crippen molar-refractivity contribution in [1.29, 1.82) is 0 Å². The van der Waals surface area contributed by atoms with E-state index in [1.54, 1.807) is 6.07 Å². The van der Waals surface area contributed by atoms with E-state index in [1.807, 2.05) is 6.07 Å². The molecule has 8 heteroatoms. The number of hydrogen-bond donors (Lipinski definition) is 1. The third-order valence-electron chi connectivity index (χ3n) is 3.97. The van der Waals surface area contributed by atoms with Crippen LogP contribution >= 0.6 is 36.2 Å². The number of nitro groups is 1. The summed E-state index contributed by atoms with van der Waals surface area (Å²) in [5.74, 6) is 0.834. The number of nitrogens with zero attached hydrogens (tertiary/aromatic N) is 2. The van der Waals surface area contributed by atoms with Gasteiger partial charge >= 0.3 is 5.00 Å². The molecule has 0 bridgehead atoms. The summed E-state index contributed by atoms with van der Waals surface area (Å²) in [6.45, 7) is 4.13. The summed E-state index contributed by atoms with van der Waals surface area (Å²) < 4.78 is 0. The fourth-order valence-electron chi connectivity index (χ4n) is 2.73. The molecular weight excluding hydrogens is 333 g/mol. The van der Waals surface area contributed by atoms with Crippen LogP contribution in [0.15, 0.2) is 12.1 Å². The summed E-state index contributed by atoms with van der Waals surface area (Å²) in [4.78, 5) is 14.2. The summed E-state index contributed by atoms with van der Waals surface area (Å²) in [6, 6.07) is 3.99. The first kappa shape index (κ1) is 18.6. The third-order valence-corrected chi connectivity index (χ3v) is 5.10. The molecule has 5 nitrogen and oxygen atoms in total. The Morgan fingerprint density at radius 1 is 1.33 bits per heavy atom. The van der Waals surface area contributed by atoms with Crippen molar-refractivity contribution < 1.29 is 4.92 Å². The van der Waals surface area contributed by atoms with Gasteiger partial charge in [-0.05, 0) is 18.4 Å². The van der Waals surface area contributed by atoms with Crippen LogP contribution in [0, 0.1) is 16.0 Å². The number of rotatable bonds is 5. The Morgan fingerprint density at radius 2 is 2.00 bits per heavy atom. The first-order valence-corrected chi connectivity index (χ1v) is 7.74. The van der Waals surface area contributed by atoms with Gasteiger partial charge in [-0.25, -0.2) is 0 Å². The van der Waals surface area contributed by atoms with Crippen LogP contribution in [0.4, 0.5) is 5.00 Å². The summed E-state index contributed by atoms with van der Waals surface area (Å²) >= 11 is 1.35. The monoisotopic (exact) mass is 353 g/mol. The topological polar surface area (TPSA) is 58.4 Å². The molecule has 3 rings (SSSR count). The second-order valence-corrected chi connectivity index (χ2v) is 6.51. The average molecular weight is 354 g/mol. The van der Waals surface area contributed by atoms with Crippen molar-refractivity contribution in [2.75, 3.05) is 26.2 Å². The van der Waals surface area contributed by atoms with E-state index < -0.39 is 0 Å². The zero-order chi connectivity index (χ0) is 13.2. The molecule has 1 aromatic rings. The van der Waals surface area contributed by atoms with Crippen molar-refractivity contribution in [3.8, 4) is 0 Å². The fourth-order valence-corrected chi connectivity index (χ4v) is 3.70. The molecule has 0 aromatic carbocycles. The lowest BCUT2D eigenvalue weighted by Gasteiger charge is -2.34. The maximum atomic E-state index is 10.8. The highest BCUT2D eigenvalue weighted by atomic mass is 35.5. The zero-order valence-electron chi connectivity index (χ0n) is 11.7. The Balaban J connectivity index is 0.00000110. The highest BCUT2D eigenvalue weighted by Gasteiger charge is 2.31.